The van der Waals surface area contributed by atoms with Gasteiger partial charge in [0.1, 0.15) is 11.6 Å². The van der Waals surface area contributed by atoms with Crippen LogP contribution in [0.1, 0.15) is 30.5 Å². The van der Waals surface area contributed by atoms with E-state index in [-0.39, 0.29) is 11.9 Å². The first-order valence-corrected chi connectivity index (χ1v) is 9.63. The third-order valence-electron chi connectivity index (χ3n) is 4.75. The number of benzene rings is 3. The van der Waals surface area contributed by atoms with Gasteiger partial charge in [0, 0.05) is 17.0 Å². The van der Waals surface area contributed by atoms with Gasteiger partial charge in [-0.2, -0.15) is 5.10 Å². The Morgan fingerprint density at radius 3 is 2.57 bits per heavy atom. The minimum absolute atomic E-state index is 0.234. The normalized spacial score (nSPS) is 16.2. The number of halogens is 2. The maximum atomic E-state index is 14.6. The molecule has 1 unspecified atom stereocenters. The van der Waals surface area contributed by atoms with Crippen LogP contribution in [0.4, 0.5) is 10.1 Å². The molecule has 1 heterocycles. The summed E-state index contributed by atoms with van der Waals surface area (Å²) in [5, 5.41) is 7.31. The molecular weight excluding hydrogens is 375 g/mol. The van der Waals surface area contributed by atoms with Crippen LogP contribution in [-0.4, -0.2) is 12.3 Å². The van der Waals surface area contributed by atoms with Gasteiger partial charge in [0.05, 0.1) is 24.0 Å². The fourth-order valence-electron chi connectivity index (χ4n) is 3.44. The quantitative estimate of drug-likeness (QED) is 0.512. The molecule has 0 fully saturated rings. The van der Waals surface area contributed by atoms with Crippen LogP contribution in [0.15, 0.2) is 77.9 Å². The third-order valence-corrected chi connectivity index (χ3v) is 4.98. The van der Waals surface area contributed by atoms with Crippen LogP contribution in [-0.2, 0) is 0 Å². The second kappa shape index (κ2) is 8.03. The molecule has 3 aromatic carbocycles. The van der Waals surface area contributed by atoms with E-state index < -0.39 is 0 Å². The summed E-state index contributed by atoms with van der Waals surface area (Å²) < 4.78 is 20.1. The van der Waals surface area contributed by atoms with Crippen molar-refractivity contribution in [1.82, 2.24) is 0 Å². The molecule has 28 heavy (non-hydrogen) atoms. The lowest BCUT2D eigenvalue weighted by molar-refractivity contribution is 0.340. The summed E-state index contributed by atoms with van der Waals surface area (Å²) in [5.41, 5.74) is 3.35. The van der Waals surface area contributed by atoms with Gasteiger partial charge in [-0.25, -0.2) is 4.39 Å². The van der Waals surface area contributed by atoms with Gasteiger partial charge in [-0.3, -0.25) is 5.01 Å². The predicted molar refractivity (Wildman–Crippen MR) is 112 cm³/mol. The molecule has 4 rings (SSSR count). The molecule has 0 N–H and O–H groups in total. The van der Waals surface area contributed by atoms with Gasteiger partial charge >= 0.3 is 0 Å². The zero-order valence-electron chi connectivity index (χ0n) is 15.5. The summed E-state index contributed by atoms with van der Waals surface area (Å²) >= 11 is 6.19. The van der Waals surface area contributed by atoms with Crippen molar-refractivity contribution in [2.24, 2.45) is 5.10 Å². The summed E-state index contributed by atoms with van der Waals surface area (Å²) in [5.74, 6) is 0.588. The van der Waals surface area contributed by atoms with Crippen molar-refractivity contribution in [1.29, 1.82) is 0 Å². The van der Waals surface area contributed by atoms with Crippen molar-refractivity contribution in [3.63, 3.8) is 0 Å². The van der Waals surface area contributed by atoms with Crippen molar-refractivity contribution in [2.45, 2.75) is 19.4 Å². The monoisotopic (exact) mass is 394 g/mol. The van der Waals surface area contributed by atoms with Gasteiger partial charge < -0.3 is 4.74 Å². The Balaban J connectivity index is 1.72. The highest BCUT2D eigenvalue weighted by Crippen LogP contribution is 2.38. The molecule has 0 amide bonds. The van der Waals surface area contributed by atoms with Crippen LogP contribution >= 0.6 is 11.6 Å². The highest BCUT2D eigenvalue weighted by atomic mass is 35.5. The van der Waals surface area contributed by atoms with E-state index in [2.05, 4.69) is 0 Å². The summed E-state index contributed by atoms with van der Waals surface area (Å²) in [6, 6.07) is 21.9. The molecule has 1 atom stereocenters. The number of ether oxygens (including phenoxy) is 1. The molecule has 3 nitrogen and oxygen atoms in total. The lowest BCUT2D eigenvalue weighted by Gasteiger charge is -2.24. The first-order chi connectivity index (χ1) is 13.7. The lowest BCUT2D eigenvalue weighted by atomic mass is 9.97. The average Bonchev–Trinajstić information content (AvgIpc) is 3.14. The molecule has 5 heteroatoms. The first kappa shape index (κ1) is 18.5. The highest BCUT2D eigenvalue weighted by molar-refractivity contribution is 6.30. The molecule has 1 aliphatic rings. The fourth-order valence-corrected chi connectivity index (χ4v) is 3.62. The highest BCUT2D eigenvalue weighted by Gasteiger charge is 2.31. The van der Waals surface area contributed by atoms with E-state index in [1.807, 2.05) is 72.6 Å². The molecule has 0 bridgehead atoms. The molecule has 0 saturated carbocycles. The standard InChI is InChI=1S/C23H20ClFN2O/c1-2-28-19-12-10-16(11-13-19)22-15-23(20-8-3-4-9-21(20)25)27(26-22)18-7-5-6-17(24)14-18/h3-14,23H,2,15H2,1H3. The Morgan fingerprint density at radius 1 is 1.07 bits per heavy atom. The van der Waals surface area contributed by atoms with Crippen molar-refractivity contribution < 1.29 is 9.13 Å². The van der Waals surface area contributed by atoms with Gasteiger partial charge in [-0.15, -0.1) is 0 Å². The first-order valence-electron chi connectivity index (χ1n) is 9.25. The van der Waals surface area contributed by atoms with E-state index in [0.29, 0.717) is 23.6 Å². The number of rotatable bonds is 5. The van der Waals surface area contributed by atoms with E-state index in [0.717, 1.165) is 22.7 Å². The maximum absolute atomic E-state index is 14.6. The van der Waals surface area contributed by atoms with Crippen LogP contribution in [0.3, 0.4) is 0 Å². The SMILES string of the molecule is CCOc1ccc(C2=NN(c3cccc(Cl)c3)C(c3ccccc3F)C2)cc1. The molecule has 142 valence electrons. The third kappa shape index (κ3) is 3.73. The maximum Gasteiger partial charge on any atom is 0.128 e. The smallest absolute Gasteiger partial charge is 0.128 e. The van der Waals surface area contributed by atoms with E-state index in [9.17, 15) is 4.39 Å². The molecule has 1 aliphatic heterocycles. The molecular formula is C23H20ClFN2O. The Kier molecular flexibility index (Phi) is 5.31. The van der Waals surface area contributed by atoms with Gasteiger partial charge in [-0.1, -0.05) is 35.9 Å². The van der Waals surface area contributed by atoms with Gasteiger partial charge in [0.2, 0.25) is 0 Å². The topological polar surface area (TPSA) is 24.8 Å². The fraction of sp³-hybridized carbons (Fsp3) is 0.174. The van der Waals surface area contributed by atoms with E-state index in [1.54, 1.807) is 6.07 Å². The van der Waals surface area contributed by atoms with Crippen molar-refractivity contribution in [3.05, 3.63) is 94.8 Å². The molecule has 3 aromatic rings. The van der Waals surface area contributed by atoms with E-state index in [1.165, 1.54) is 6.07 Å². The van der Waals surface area contributed by atoms with Crippen LogP contribution < -0.4 is 9.75 Å². The largest absolute Gasteiger partial charge is 0.494 e. The van der Waals surface area contributed by atoms with Crippen molar-refractivity contribution >= 4 is 23.0 Å². The van der Waals surface area contributed by atoms with Crippen LogP contribution in [0.5, 0.6) is 5.75 Å². The zero-order chi connectivity index (χ0) is 19.5. The molecule has 0 saturated heterocycles. The molecule has 0 aromatic heterocycles. The Morgan fingerprint density at radius 2 is 1.86 bits per heavy atom. The number of hydrazone groups is 1. The van der Waals surface area contributed by atoms with E-state index >= 15 is 0 Å². The number of hydrogen-bond acceptors (Lipinski definition) is 3. The number of anilines is 1. The minimum atomic E-state index is -0.235. The molecule has 0 radical (unpaired) electrons. The summed E-state index contributed by atoms with van der Waals surface area (Å²) in [7, 11) is 0. The summed E-state index contributed by atoms with van der Waals surface area (Å²) in [4.78, 5) is 0. The molecule has 0 spiro atoms. The lowest BCUT2D eigenvalue weighted by Crippen LogP contribution is -2.19. The Labute approximate surface area is 169 Å². The van der Waals surface area contributed by atoms with Gasteiger partial charge in [-0.05, 0) is 61.0 Å². The predicted octanol–water partition coefficient (Wildman–Crippen LogP) is 6.23. The Bertz CT molecular complexity index is 1000. The van der Waals surface area contributed by atoms with Crippen LogP contribution in [0, 0.1) is 5.82 Å². The number of nitrogens with zero attached hydrogens (tertiary/aromatic N) is 2. The minimum Gasteiger partial charge on any atom is -0.494 e. The van der Waals surface area contributed by atoms with Crippen molar-refractivity contribution in [3.8, 4) is 5.75 Å². The van der Waals surface area contributed by atoms with Gasteiger partial charge in [0.25, 0.3) is 0 Å². The van der Waals surface area contributed by atoms with Crippen LogP contribution in [0.2, 0.25) is 5.02 Å². The zero-order valence-corrected chi connectivity index (χ0v) is 16.2. The van der Waals surface area contributed by atoms with Crippen LogP contribution in [0.25, 0.3) is 0 Å². The summed E-state index contributed by atoms with van der Waals surface area (Å²) in [6.07, 6.45) is 0.599. The number of hydrogen-bond donors (Lipinski definition) is 0. The second-order valence-electron chi connectivity index (χ2n) is 6.57. The Hall–Kier alpha value is -2.85. The van der Waals surface area contributed by atoms with E-state index in [4.69, 9.17) is 21.4 Å². The molecule has 0 aliphatic carbocycles. The van der Waals surface area contributed by atoms with Crippen molar-refractivity contribution in [2.75, 3.05) is 11.6 Å². The second-order valence-corrected chi connectivity index (χ2v) is 7.01. The summed E-state index contributed by atoms with van der Waals surface area (Å²) in [6.45, 7) is 2.58. The van der Waals surface area contributed by atoms with Gasteiger partial charge in [0.15, 0.2) is 0 Å². The average molecular weight is 395 g/mol.